The molecule has 1 heterocycles. The Morgan fingerprint density at radius 1 is 1.23 bits per heavy atom. The van der Waals surface area contributed by atoms with E-state index in [1.165, 1.54) is 20.3 Å². The minimum atomic E-state index is -1.28. The third-order valence-corrected chi connectivity index (χ3v) is 3.18. The fourth-order valence-electron chi connectivity index (χ4n) is 2.05. The first-order valence-electron chi connectivity index (χ1n) is 6.59. The highest BCUT2D eigenvalue weighted by Crippen LogP contribution is 2.31. The number of carboxylic acid groups (broad SMARTS) is 1. The van der Waals surface area contributed by atoms with E-state index in [1.807, 2.05) is 0 Å². The molecule has 7 nitrogen and oxygen atoms in total. The Labute approximate surface area is 126 Å². The molecule has 0 aliphatic heterocycles. The number of aromatic carboxylic acids is 1. The van der Waals surface area contributed by atoms with Gasteiger partial charge >= 0.3 is 5.97 Å². The summed E-state index contributed by atoms with van der Waals surface area (Å²) < 4.78 is 11.5. The summed E-state index contributed by atoms with van der Waals surface area (Å²) in [4.78, 5) is 23.1. The van der Waals surface area contributed by atoms with Crippen molar-refractivity contribution in [3.63, 3.8) is 0 Å². The van der Waals surface area contributed by atoms with Crippen LogP contribution in [0.2, 0.25) is 0 Å². The molecule has 0 atom stereocenters. The summed E-state index contributed by atoms with van der Waals surface area (Å²) in [6.45, 7) is 2.00. The van der Waals surface area contributed by atoms with Gasteiger partial charge in [0.15, 0.2) is 11.5 Å². The second-order valence-corrected chi connectivity index (χ2v) is 4.44. The number of nitrogens with zero attached hydrogens (tertiary/aromatic N) is 2. The van der Waals surface area contributed by atoms with E-state index in [2.05, 4.69) is 5.10 Å². The standard InChI is InChI=1S/C15H16N2O5/c1-4-17-14(18)10(15(19)20)8-11(16-17)9-5-6-12(21-2)13(7-9)22-3/h5-8H,4H2,1-3H3,(H,19,20). The lowest BCUT2D eigenvalue weighted by Crippen LogP contribution is -2.28. The lowest BCUT2D eigenvalue weighted by atomic mass is 10.1. The Balaban J connectivity index is 2.64. The van der Waals surface area contributed by atoms with Crippen LogP contribution in [0.3, 0.4) is 0 Å². The third-order valence-electron chi connectivity index (χ3n) is 3.18. The maximum Gasteiger partial charge on any atom is 0.341 e. The minimum Gasteiger partial charge on any atom is -0.493 e. The van der Waals surface area contributed by atoms with Crippen LogP contribution < -0.4 is 15.0 Å². The van der Waals surface area contributed by atoms with Crippen molar-refractivity contribution in [2.75, 3.05) is 14.2 Å². The molecule has 0 bridgehead atoms. The first-order valence-corrected chi connectivity index (χ1v) is 6.59. The number of carboxylic acids is 1. The second kappa shape index (κ2) is 6.30. The van der Waals surface area contributed by atoms with E-state index in [4.69, 9.17) is 14.6 Å². The molecule has 0 saturated heterocycles. The van der Waals surface area contributed by atoms with E-state index in [9.17, 15) is 9.59 Å². The number of benzene rings is 1. The van der Waals surface area contributed by atoms with Crippen molar-refractivity contribution in [2.45, 2.75) is 13.5 Å². The predicted octanol–water partition coefficient (Wildman–Crippen LogP) is 1.65. The number of hydrogen-bond acceptors (Lipinski definition) is 5. The van der Waals surface area contributed by atoms with Crippen LogP contribution in [0.5, 0.6) is 11.5 Å². The molecule has 2 aromatic rings. The number of methoxy groups -OCH3 is 2. The van der Waals surface area contributed by atoms with Crippen molar-refractivity contribution < 1.29 is 19.4 Å². The predicted molar refractivity (Wildman–Crippen MR) is 79.7 cm³/mol. The molecular formula is C15H16N2O5. The molecule has 0 unspecified atom stereocenters. The third kappa shape index (κ3) is 2.78. The summed E-state index contributed by atoms with van der Waals surface area (Å²) in [6.07, 6.45) is 0. The zero-order valence-electron chi connectivity index (χ0n) is 12.5. The summed E-state index contributed by atoms with van der Waals surface area (Å²) in [5.41, 5.74) is 0.0583. The molecule has 1 N–H and O–H groups in total. The molecule has 0 saturated carbocycles. The first kappa shape index (κ1) is 15.6. The molecular weight excluding hydrogens is 288 g/mol. The van der Waals surface area contributed by atoms with Gasteiger partial charge in [0.2, 0.25) is 0 Å². The van der Waals surface area contributed by atoms with Gasteiger partial charge in [-0.25, -0.2) is 9.48 Å². The topological polar surface area (TPSA) is 90.7 Å². The lowest BCUT2D eigenvalue weighted by molar-refractivity contribution is 0.0693. The van der Waals surface area contributed by atoms with Crippen LogP contribution in [-0.4, -0.2) is 35.1 Å². The number of aryl methyl sites for hydroxylation is 1. The molecule has 7 heteroatoms. The monoisotopic (exact) mass is 304 g/mol. The van der Waals surface area contributed by atoms with Crippen LogP contribution >= 0.6 is 0 Å². The van der Waals surface area contributed by atoms with Gasteiger partial charge in [0.05, 0.1) is 19.9 Å². The maximum absolute atomic E-state index is 11.9. The molecule has 0 radical (unpaired) electrons. The van der Waals surface area contributed by atoms with Crippen LogP contribution in [0.15, 0.2) is 29.1 Å². The normalized spacial score (nSPS) is 10.3. The fraction of sp³-hybridized carbons (Fsp3) is 0.267. The van der Waals surface area contributed by atoms with Gasteiger partial charge in [-0.15, -0.1) is 0 Å². The van der Waals surface area contributed by atoms with Gasteiger partial charge in [0.1, 0.15) is 5.56 Å². The molecule has 2 rings (SSSR count). The molecule has 0 spiro atoms. The highest BCUT2D eigenvalue weighted by molar-refractivity contribution is 5.88. The van der Waals surface area contributed by atoms with Crippen molar-refractivity contribution in [2.24, 2.45) is 0 Å². The van der Waals surface area contributed by atoms with Crippen LogP contribution in [0.1, 0.15) is 17.3 Å². The average Bonchev–Trinajstić information content (AvgIpc) is 2.54. The van der Waals surface area contributed by atoms with Crippen molar-refractivity contribution >= 4 is 5.97 Å². The van der Waals surface area contributed by atoms with E-state index < -0.39 is 11.5 Å². The average molecular weight is 304 g/mol. The minimum absolute atomic E-state index is 0.278. The Morgan fingerprint density at radius 2 is 1.91 bits per heavy atom. The summed E-state index contributed by atoms with van der Waals surface area (Å²) in [7, 11) is 3.03. The summed E-state index contributed by atoms with van der Waals surface area (Å²) >= 11 is 0. The van der Waals surface area contributed by atoms with E-state index in [1.54, 1.807) is 25.1 Å². The van der Waals surface area contributed by atoms with Crippen molar-refractivity contribution in [1.29, 1.82) is 0 Å². The molecule has 1 aromatic carbocycles. The van der Waals surface area contributed by atoms with Crippen LogP contribution in [0, 0.1) is 0 Å². The number of rotatable bonds is 5. The van der Waals surface area contributed by atoms with Crippen molar-refractivity contribution in [1.82, 2.24) is 9.78 Å². The van der Waals surface area contributed by atoms with E-state index in [0.717, 1.165) is 4.68 Å². The lowest BCUT2D eigenvalue weighted by Gasteiger charge is -2.11. The molecule has 0 aliphatic rings. The second-order valence-electron chi connectivity index (χ2n) is 4.44. The molecule has 0 fully saturated rings. The SMILES string of the molecule is CCn1nc(-c2ccc(OC)c(OC)c2)cc(C(=O)O)c1=O. The molecule has 0 amide bonds. The van der Waals surface area contributed by atoms with E-state index >= 15 is 0 Å². The quantitative estimate of drug-likeness (QED) is 0.903. The van der Waals surface area contributed by atoms with Gasteiger partial charge in [-0.3, -0.25) is 4.79 Å². The zero-order chi connectivity index (χ0) is 16.3. The first-order chi connectivity index (χ1) is 10.5. The molecule has 0 aliphatic carbocycles. The molecule has 1 aromatic heterocycles. The van der Waals surface area contributed by atoms with Crippen molar-refractivity contribution in [3.8, 4) is 22.8 Å². The number of ether oxygens (including phenoxy) is 2. The largest absolute Gasteiger partial charge is 0.493 e. The van der Waals surface area contributed by atoms with Gasteiger partial charge in [0, 0.05) is 12.1 Å². The number of carbonyl (C=O) groups is 1. The fourth-order valence-corrected chi connectivity index (χ4v) is 2.05. The van der Waals surface area contributed by atoms with Gasteiger partial charge in [-0.2, -0.15) is 5.10 Å². The Bertz CT molecular complexity index is 767. The summed E-state index contributed by atoms with van der Waals surface area (Å²) in [5, 5.41) is 13.3. The van der Waals surface area contributed by atoms with Crippen molar-refractivity contribution in [3.05, 3.63) is 40.2 Å². The van der Waals surface area contributed by atoms with Crippen LogP contribution in [-0.2, 0) is 6.54 Å². The summed E-state index contributed by atoms with van der Waals surface area (Å²) in [5.74, 6) is -0.238. The van der Waals surface area contributed by atoms with Gasteiger partial charge in [-0.1, -0.05) is 0 Å². The Kier molecular flexibility index (Phi) is 4.45. The Hall–Kier alpha value is -2.83. The smallest absolute Gasteiger partial charge is 0.341 e. The van der Waals surface area contributed by atoms with E-state index in [0.29, 0.717) is 22.8 Å². The van der Waals surface area contributed by atoms with Gasteiger partial charge in [0.25, 0.3) is 5.56 Å². The zero-order valence-corrected chi connectivity index (χ0v) is 12.5. The number of aromatic nitrogens is 2. The van der Waals surface area contributed by atoms with Gasteiger partial charge in [-0.05, 0) is 31.2 Å². The maximum atomic E-state index is 11.9. The van der Waals surface area contributed by atoms with Crippen LogP contribution in [0.25, 0.3) is 11.3 Å². The summed E-state index contributed by atoms with van der Waals surface area (Å²) in [6, 6.07) is 6.35. The Morgan fingerprint density at radius 3 is 2.45 bits per heavy atom. The molecule has 116 valence electrons. The number of hydrogen-bond donors (Lipinski definition) is 1. The highest BCUT2D eigenvalue weighted by atomic mass is 16.5. The highest BCUT2D eigenvalue weighted by Gasteiger charge is 2.16. The van der Waals surface area contributed by atoms with E-state index in [-0.39, 0.29) is 12.1 Å². The molecule has 22 heavy (non-hydrogen) atoms. The van der Waals surface area contributed by atoms with Gasteiger partial charge < -0.3 is 14.6 Å². The van der Waals surface area contributed by atoms with Crippen LogP contribution in [0.4, 0.5) is 0 Å².